The van der Waals surface area contributed by atoms with Gasteiger partial charge in [-0.15, -0.1) is 0 Å². The van der Waals surface area contributed by atoms with Crippen molar-refractivity contribution in [2.75, 3.05) is 0 Å². The van der Waals surface area contributed by atoms with Crippen molar-refractivity contribution < 1.29 is 9.09 Å². The van der Waals surface area contributed by atoms with Crippen LogP contribution in [0.4, 0.5) is 0 Å². The second-order valence-corrected chi connectivity index (χ2v) is 9.89. The summed E-state index contributed by atoms with van der Waals surface area (Å²) in [6, 6.07) is 9.59. The van der Waals surface area contributed by atoms with Gasteiger partial charge in [0.2, 0.25) is 0 Å². The molecule has 1 aliphatic rings. The predicted octanol–water partition coefficient (Wildman–Crippen LogP) is 4.96. The average Bonchev–Trinajstić information content (AvgIpc) is 2.69. The van der Waals surface area contributed by atoms with Gasteiger partial charge < -0.3 is 4.52 Å². The normalized spacial score (nSPS) is 27.5. The molecule has 1 unspecified atom stereocenters. The minimum absolute atomic E-state index is 0.0581. The Hall–Kier alpha value is -0.850. The Kier molecular flexibility index (Phi) is 3.77. The Labute approximate surface area is 122 Å². The molecule has 0 fully saturated rings. The molecule has 1 aromatic carbocycles. The van der Waals surface area contributed by atoms with Crippen molar-refractivity contribution in [1.29, 1.82) is 0 Å². The van der Waals surface area contributed by atoms with Crippen molar-refractivity contribution in [2.24, 2.45) is 10.8 Å². The van der Waals surface area contributed by atoms with E-state index in [1.807, 2.05) is 30.3 Å². The maximum Gasteiger partial charge on any atom is 0.258 e. The van der Waals surface area contributed by atoms with Gasteiger partial charge >= 0.3 is 0 Å². The van der Waals surface area contributed by atoms with Gasteiger partial charge in [0, 0.05) is 10.6 Å². The van der Waals surface area contributed by atoms with Crippen LogP contribution < -0.4 is 5.30 Å². The quantitative estimate of drug-likeness (QED) is 0.683. The number of benzene rings is 1. The lowest BCUT2D eigenvalue weighted by Crippen LogP contribution is -2.24. The number of hydrogen-bond donors (Lipinski definition) is 0. The maximum absolute atomic E-state index is 13.6. The van der Waals surface area contributed by atoms with Gasteiger partial charge in [-0.2, -0.15) is 0 Å². The number of allylic oxidation sites excluding steroid dienone is 1. The first-order chi connectivity index (χ1) is 9.05. The Morgan fingerprint density at radius 2 is 1.55 bits per heavy atom. The third-order valence-electron chi connectivity index (χ3n) is 3.61. The number of rotatable bonds is 1. The van der Waals surface area contributed by atoms with E-state index in [-0.39, 0.29) is 16.9 Å². The van der Waals surface area contributed by atoms with Crippen LogP contribution in [0.3, 0.4) is 0 Å². The molecule has 0 radical (unpaired) electrons. The van der Waals surface area contributed by atoms with Crippen LogP contribution in [-0.4, -0.2) is 6.10 Å². The van der Waals surface area contributed by atoms with Crippen molar-refractivity contribution in [3.8, 4) is 0 Å². The van der Waals surface area contributed by atoms with Gasteiger partial charge in [0.15, 0.2) is 0 Å². The first-order valence-corrected chi connectivity index (χ1v) is 8.74. The van der Waals surface area contributed by atoms with Gasteiger partial charge in [-0.1, -0.05) is 59.7 Å². The fourth-order valence-corrected chi connectivity index (χ4v) is 5.40. The fourth-order valence-electron chi connectivity index (χ4n) is 2.41. The van der Waals surface area contributed by atoms with E-state index in [1.165, 1.54) is 0 Å². The minimum atomic E-state index is -2.95. The van der Waals surface area contributed by atoms with Gasteiger partial charge in [0.1, 0.15) is 0 Å². The van der Waals surface area contributed by atoms with E-state index in [0.717, 1.165) is 10.6 Å². The van der Waals surface area contributed by atoms with E-state index >= 15 is 0 Å². The highest BCUT2D eigenvalue weighted by Gasteiger charge is 2.47. The molecule has 1 aliphatic heterocycles. The summed E-state index contributed by atoms with van der Waals surface area (Å²) in [4.78, 5) is 0. The summed E-state index contributed by atoms with van der Waals surface area (Å²) in [5, 5.41) is 1.74. The largest absolute Gasteiger partial charge is 0.314 e. The highest BCUT2D eigenvalue weighted by molar-refractivity contribution is 7.71. The molecule has 2 atom stereocenters. The van der Waals surface area contributed by atoms with Crippen LogP contribution in [-0.2, 0) is 9.09 Å². The van der Waals surface area contributed by atoms with E-state index in [1.54, 1.807) is 0 Å². The number of hydrogen-bond acceptors (Lipinski definition) is 2. The first-order valence-electron chi connectivity index (χ1n) is 7.12. The fraction of sp³-hybridized carbons (Fsp3) is 0.529. The molecular formula is C17H25O2P. The van der Waals surface area contributed by atoms with E-state index in [2.05, 4.69) is 47.6 Å². The average molecular weight is 292 g/mol. The lowest BCUT2D eigenvalue weighted by Gasteiger charge is -2.28. The maximum atomic E-state index is 13.6. The van der Waals surface area contributed by atoms with Crippen LogP contribution in [0, 0.1) is 10.8 Å². The summed E-state index contributed by atoms with van der Waals surface area (Å²) in [6.07, 6.45) is 1.98. The minimum Gasteiger partial charge on any atom is -0.314 e. The molecule has 1 heterocycles. The Bertz CT molecular complexity index is 559. The molecule has 2 nitrogen and oxygen atoms in total. The lowest BCUT2D eigenvalue weighted by atomic mass is 9.86. The monoisotopic (exact) mass is 292 g/mol. The van der Waals surface area contributed by atoms with Gasteiger partial charge in [-0.05, 0) is 29.0 Å². The highest BCUT2D eigenvalue weighted by atomic mass is 31.2. The third kappa shape index (κ3) is 2.77. The van der Waals surface area contributed by atoms with E-state index in [9.17, 15) is 4.57 Å². The third-order valence-corrected chi connectivity index (χ3v) is 6.56. The molecule has 0 aromatic heterocycles. The van der Waals surface area contributed by atoms with Gasteiger partial charge in [-0.3, -0.25) is 4.57 Å². The lowest BCUT2D eigenvalue weighted by molar-refractivity contribution is 0.143. The molecule has 20 heavy (non-hydrogen) atoms. The summed E-state index contributed by atoms with van der Waals surface area (Å²) < 4.78 is 19.7. The topological polar surface area (TPSA) is 26.3 Å². The Morgan fingerprint density at radius 3 is 2.00 bits per heavy atom. The molecule has 1 aromatic rings. The molecule has 2 rings (SSSR count). The van der Waals surface area contributed by atoms with Crippen molar-refractivity contribution >= 4 is 12.7 Å². The van der Waals surface area contributed by atoms with Crippen LogP contribution in [0.2, 0.25) is 0 Å². The Balaban J connectivity index is 2.54. The van der Waals surface area contributed by atoms with Crippen molar-refractivity contribution in [2.45, 2.75) is 47.6 Å². The molecular weight excluding hydrogens is 267 g/mol. The van der Waals surface area contributed by atoms with Crippen molar-refractivity contribution in [3.63, 3.8) is 0 Å². The SMILES string of the molecule is CC(C)(C)C1=C[C@@H](C(C)(C)C)OP1(=O)c1ccccc1. The van der Waals surface area contributed by atoms with Gasteiger partial charge in [0.05, 0.1) is 6.10 Å². The predicted molar refractivity (Wildman–Crippen MR) is 85.5 cm³/mol. The van der Waals surface area contributed by atoms with Crippen LogP contribution in [0.1, 0.15) is 41.5 Å². The highest BCUT2D eigenvalue weighted by Crippen LogP contribution is 2.66. The Morgan fingerprint density at radius 1 is 1.00 bits per heavy atom. The van der Waals surface area contributed by atoms with Crippen LogP contribution in [0.25, 0.3) is 0 Å². The van der Waals surface area contributed by atoms with E-state index in [4.69, 9.17) is 4.52 Å². The van der Waals surface area contributed by atoms with Crippen LogP contribution >= 0.6 is 7.37 Å². The second-order valence-electron chi connectivity index (χ2n) is 7.58. The summed E-state index contributed by atoms with van der Waals surface area (Å²) in [5.74, 6) is 0. The van der Waals surface area contributed by atoms with Crippen LogP contribution in [0.15, 0.2) is 41.7 Å². The molecule has 0 bridgehead atoms. The van der Waals surface area contributed by atoms with Crippen molar-refractivity contribution in [3.05, 3.63) is 41.7 Å². The molecule has 110 valence electrons. The molecule has 0 spiro atoms. The van der Waals surface area contributed by atoms with Gasteiger partial charge in [-0.25, -0.2) is 0 Å². The molecule has 0 N–H and O–H groups in total. The zero-order valence-electron chi connectivity index (χ0n) is 13.3. The van der Waals surface area contributed by atoms with Crippen LogP contribution in [0.5, 0.6) is 0 Å². The molecule has 0 amide bonds. The molecule has 0 aliphatic carbocycles. The zero-order valence-corrected chi connectivity index (χ0v) is 14.2. The summed E-state index contributed by atoms with van der Waals surface area (Å²) in [6.45, 7) is 12.7. The van der Waals surface area contributed by atoms with Crippen molar-refractivity contribution in [1.82, 2.24) is 0 Å². The molecule has 0 saturated carbocycles. The smallest absolute Gasteiger partial charge is 0.258 e. The molecule has 3 heteroatoms. The standard InChI is InChI=1S/C17H25O2P/c1-16(2,3)14-12-15(17(4,5)6)20(18,19-14)13-10-8-7-9-11-13/h7-12,14H,1-6H3/t14-,20?/m0/s1. The second kappa shape index (κ2) is 4.86. The zero-order chi connectivity index (χ0) is 15.2. The summed E-state index contributed by atoms with van der Waals surface area (Å²) in [5.41, 5.74) is -0.219. The van der Waals surface area contributed by atoms with E-state index < -0.39 is 7.37 Å². The van der Waals surface area contributed by atoms with Gasteiger partial charge in [0.25, 0.3) is 7.37 Å². The molecule has 0 saturated heterocycles. The summed E-state index contributed by atoms with van der Waals surface area (Å²) in [7, 11) is -2.95. The summed E-state index contributed by atoms with van der Waals surface area (Å²) >= 11 is 0. The first kappa shape index (κ1) is 15.5. The van der Waals surface area contributed by atoms with E-state index in [0.29, 0.717) is 0 Å².